The summed E-state index contributed by atoms with van der Waals surface area (Å²) < 4.78 is 0. The number of rotatable bonds is 3. The van der Waals surface area contributed by atoms with E-state index in [1.165, 1.54) is 12.8 Å². The number of hydrogen-bond acceptors (Lipinski definition) is 2. The molecule has 0 amide bonds. The molecule has 1 aliphatic heterocycles. The fourth-order valence-corrected chi connectivity index (χ4v) is 2.11. The van der Waals surface area contributed by atoms with Crippen molar-refractivity contribution in [3.63, 3.8) is 0 Å². The average molecular weight is 194 g/mol. The van der Waals surface area contributed by atoms with Gasteiger partial charge in [-0.2, -0.15) is 0 Å². The molecule has 0 spiro atoms. The Kier molecular flexibility index (Phi) is 4.44. The molecule has 1 heterocycles. The first-order valence-corrected chi connectivity index (χ1v) is 5.68. The van der Waals surface area contributed by atoms with Crippen LogP contribution in [0.5, 0.6) is 0 Å². The molecule has 1 saturated heterocycles. The van der Waals surface area contributed by atoms with E-state index in [1.54, 1.807) is 0 Å². The fourth-order valence-electron chi connectivity index (χ4n) is 2.11. The van der Waals surface area contributed by atoms with Gasteiger partial charge in [0.05, 0.1) is 6.04 Å². The van der Waals surface area contributed by atoms with Gasteiger partial charge in [-0.15, -0.1) is 6.42 Å². The zero-order chi connectivity index (χ0) is 10.6. The summed E-state index contributed by atoms with van der Waals surface area (Å²) >= 11 is 0. The van der Waals surface area contributed by atoms with Crippen molar-refractivity contribution in [3.05, 3.63) is 0 Å². The van der Waals surface area contributed by atoms with Crippen molar-refractivity contribution in [2.45, 2.75) is 51.7 Å². The van der Waals surface area contributed by atoms with Gasteiger partial charge in [0.15, 0.2) is 0 Å². The second-order valence-electron chi connectivity index (χ2n) is 4.11. The van der Waals surface area contributed by atoms with Crippen LogP contribution in [0.1, 0.15) is 33.6 Å². The molecule has 2 nitrogen and oxygen atoms in total. The van der Waals surface area contributed by atoms with Crippen molar-refractivity contribution in [2.75, 3.05) is 13.1 Å². The Morgan fingerprint density at radius 1 is 1.50 bits per heavy atom. The van der Waals surface area contributed by atoms with Crippen LogP contribution in [0.25, 0.3) is 0 Å². The Balaban J connectivity index is 2.61. The van der Waals surface area contributed by atoms with Gasteiger partial charge in [-0.3, -0.25) is 4.90 Å². The van der Waals surface area contributed by atoms with E-state index >= 15 is 0 Å². The van der Waals surface area contributed by atoms with E-state index in [0.29, 0.717) is 12.1 Å². The molecular formula is C12H22N2. The molecular weight excluding hydrogens is 172 g/mol. The largest absolute Gasteiger partial charge is 0.311 e. The molecule has 1 rings (SSSR count). The Morgan fingerprint density at radius 3 is 2.71 bits per heavy atom. The molecule has 0 aromatic rings. The van der Waals surface area contributed by atoms with Gasteiger partial charge in [-0.25, -0.2) is 0 Å². The van der Waals surface area contributed by atoms with E-state index in [9.17, 15) is 0 Å². The third-order valence-electron chi connectivity index (χ3n) is 3.25. The minimum Gasteiger partial charge on any atom is -0.311 e. The smallest absolute Gasteiger partial charge is 0.0686 e. The highest BCUT2D eigenvalue weighted by molar-refractivity contribution is 5.01. The van der Waals surface area contributed by atoms with Gasteiger partial charge in [0, 0.05) is 25.2 Å². The molecule has 0 saturated carbocycles. The van der Waals surface area contributed by atoms with Crippen molar-refractivity contribution in [3.8, 4) is 12.3 Å². The van der Waals surface area contributed by atoms with Gasteiger partial charge >= 0.3 is 0 Å². The van der Waals surface area contributed by atoms with E-state index in [1.807, 2.05) is 0 Å². The van der Waals surface area contributed by atoms with Gasteiger partial charge in [0.1, 0.15) is 0 Å². The standard InChI is InChI=1S/C12H22N2/c1-5-10(4)14-9-11(6-2)13-8-12(14)7-3/h1,10-13H,6-9H2,2-4H3. The highest BCUT2D eigenvalue weighted by Crippen LogP contribution is 2.14. The minimum atomic E-state index is 0.274. The quantitative estimate of drug-likeness (QED) is 0.684. The molecule has 1 aliphatic rings. The Morgan fingerprint density at radius 2 is 2.21 bits per heavy atom. The van der Waals surface area contributed by atoms with Crippen LogP contribution in [0.3, 0.4) is 0 Å². The summed E-state index contributed by atoms with van der Waals surface area (Å²) in [5.74, 6) is 2.84. The van der Waals surface area contributed by atoms with Crippen LogP contribution < -0.4 is 5.32 Å². The first kappa shape index (κ1) is 11.6. The maximum atomic E-state index is 5.49. The summed E-state index contributed by atoms with van der Waals surface area (Å²) in [6.07, 6.45) is 7.86. The van der Waals surface area contributed by atoms with Gasteiger partial charge in [0.2, 0.25) is 0 Å². The van der Waals surface area contributed by atoms with E-state index in [4.69, 9.17) is 6.42 Å². The zero-order valence-corrected chi connectivity index (χ0v) is 9.59. The van der Waals surface area contributed by atoms with Crippen LogP contribution in [-0.4, -0.2) is 36.1 Å². The summed E-state index contributed by atoms with van der Waals surface area (Å²) in [5.41, 5.74) is 0. The first-order chi connectivity index (χ1) is 6.72. The molecule has 1 N–H and O–H groups in total. The topological polar surface area (TPSA) is 15.3 Å². The van der Waals surface area contributed by atoms with E-state index in [-0.39, 0.29) is 6.04 Å². The van der Waals surface area contributed by atoms with Crippen molar-refractivity contribution in [1.82, 2.24) is 10.2 Å². The van der Waals surface area contributed by atoms with Crippen LogP contribution >= 0.6 is 0 Å². The predicted molar refractivity (Wildman–Crippen MR) is 61.2 cm³/mol. The average Bonchev–Trinajstić information content (AvgIpc) is 2.27. The predicted octanol–water partition coefficient (Wildman–Crippen LogP) is 1.47. The van der Waals surface area contributed by atoms with Crippen LogP contribution in [0, 0.1) is 12.3 Å². The van der Waals surface area contributed by atoms with Crippen molar-refractivity contribution in [2.24, 2.45) is 0 Å². The number of nitrogens with one attached hydrogen (secondary N) is 1. The lowest BCUT2D eigenvalue weighted by atomic mass is 10.0. The fraction of sp³-hybridized carbons (Fsp3) is 0.833. The summed E-state index contributed by atoms with van der Waals surface area (Å²) in [4.78, 5) is 2.46. The highest BCUT2D eigenvalue weighted by Gasteiger charge is 2.28. The molecule has 3 atom stereocenters. The summed E-state index contributed by atoms with van der Waals surface area (Å²) in [6, 6.07) is 1.51. The SMILES string of the molecule is C#CC(C)N1CC(CC)NCC1CC. The third-order valence-corrected chi connectivity index (χ3v) is 3.25. The van der Waals surface area contributed by atoms with Gasteiger partial charge in [0.25, 0.3) is 0 Å². The van der Waals surface area contributed by atoms with E-state index in [0.717, 1.165) is 13.1 Å². The summed E-state index contributed by atoms with van der Waals surface area (Å²) in [5, 5.41) is 3.57. The van der Waals surface area contributed by atoms with Crippen LogP contribution in [-0.2, 0) is 0 Å². The lowest BCUT2D eigenvalue weighted by Gasteiger charge is -2.41. The summed E-state index contributed by atoms with van der Waals surface area (Å²) in [7, 11) is 0. The molecule has 3 unspecified atom stereocenters. The van der Waals surface area contributed by atoms with E-state index < -0.39 is 0 Å². The Bertz CT molecular complexity index is 207. The molecule has 0 bridgehead atoms. The molecule has 14 heavy (non-hydrogen) atoms. The molecule has 1 fully saturated rings. The van der Waals surface area contributed by atoms with Crippen LogP contribution in [0.2, 0.25) is 0 Å². The normalized spacial score (nSPS) is 31.0. The molecule has 0 radical (unpaired) electrons. The Hall–Kier alpha value is -0.520. The molecule has 2 heteroatoms. The molecule has 0 aliphatic carbocycles. The molecule has 80 valence electrons. The van der Waals surface area contributed by atoms with Gasteiger partial charge in [-0.05, 0) is 19.8 Å². The van der Waals surface area contributed by atoms with Crippen LogP contribution in [0.15, 0.2) is 0 Å². The number of hydrogen-bond donors (Lipinski definition) is 1. The lowest BCUT2D eigenvalue weighted by Crippen LogP contribution is -2.58. The molecule has 0 aromatic carbocycles. The zero-order valence-electron chi connectivity index (χ0n) is 9.59. The number of nitrogens with zero attached hydrogens (tertiary/aromatic N) is 1. The van der Waals surface area contributed by atoms with Crippen molar-refractivity contribution >= 4 is 0 Å². The second kappa shape index (κ2) is 5.38. The van der Waals surface area contributed by atoms with E-state index in [2.05, 4.69) is 36.9 Å². The monoisotopic (exact) mass is 194 g/mol. The summed E-state index contributed by atoms with van der Waals surface area (Å²) in [6.45, 7) is 8.76. The third kappa shape index (κ3) is 2.50. The number of piperazine rings is 1. The lowest BCUT2D eigenvalue weighted by molar-refractivity contribution is 0.108. The minimum absolute atomic E-state index is 0.274. The van der Waals surface area contributed by atoms with Crippen LogP contribution in [0.4, 0.5) is 0 Å². The maximum absolute atomic E-state index is 5.49. The number of terminal acetylenes is 1. The van der Waals surface area contributed by atoms with Gasteiger partial charge < -0.3 is 5.32 Å². The van der Waals surface area contributed by atoms with Gasteiger partial charge in [-0.1, -0.05) is 19.8 Å². The first-order valence-electron chi connectivity index (χ1n) is 5.68. The van der Waals surface area contributed by atoms with Crippen molar-refractivity contribution < 1.29 is 0 Å². The second-order valence-corrected chi connectivity index (χ2v) is 4.11. The van der Waals surface area contributed by atoms with Crippen molar-refractivity contribution in [1.29, 1.82) is 0 Å². The molecule has 0 aromatic heterocycles. The Labute approximate surface area is 88.1 Å². The highest BCUT2D eigenvalue weighted by atomic mass is 15.2. The maximum Gasteiger partial charge on any atom is 0.0686 e.